The van der Waals surface area contributed by atoms with Gasteiger partial charge < -0.3 is 14.8 Å². The first-order valence-corrected chi connectivity index (χ1v) is 8.31. The molecule has 3 aromatic rings. The lowest BCUT2D eigenvalue weighted by Gasteiger charge is -2.09. The molecule has 140 valence electrons. The van der Waals surface area contributed by atoms with Crippen LogP contribution in [-0.2, 0) is 13.6 Å². The summed E-state index contributed by atoms with van der Waals surface area (Å²) in [4.78, 5) is 12.7. The molecule has 0 unspecified atom stereocenters. The molecule has 1 N–H and O–H groups in total. The summed E-state index contributed by atoms with van der Waals surface area (Å²) in [5.41, 5.74) is 2.29. The van der Waals surface area contributed by atoms with E-state index in [0.717, 1.165) is 5.56 Å². The van der Waals surface area contributed by atoms with E-state index in [-0.39, 0.29) is 18.2 Å². The molecule has 0 fully saturated rings. The zero-order chi connectivity index (χ0) is 19.4. The summed E-state index contributed by atoms with van der Waals surface area (Å²) in [6, 6.07) is 11.9. The van der Waals surface area contributed by atoms with Crippen molar-refractivity contribution >= 4 is 5.91 Å². The van der Waals surface area contributed by atoms with Gasteiger partial charge in [-0.05, 0) is 29.8 Å². The molecular formula is C20H20FN3O3. The molecule has 0 aliphatic heterocycles. The number of nitrogens with zero attached hydrogens (tertiary/aromatic N) is 2. The number of ether oxygens (including phenoxy) is 2. The smallest absolute Gasteiger partial charge is 0.255 e. The number of amides is 1. The number of halogens is 1. The largest absolute Gasteiger partial charge is 0.496 e. The van der Waals surface area contributed by atoms with Gasteiger partial charge in [0.15, 0.2) is 11.6 Å². The van der Waals surface area contributed by atoms with E-state index in [1.807, 2.05) is 24.3 Å². The lowest BCUT2D eigenvalue weighted by Crippen LogP contribution is -2.23. The number of aromatic nitrogens is 2. The normalized spacial score (nSPS) is 10.5. The summed E-state index contributed by atoms with van der Waals surface area (Å²) in [5, 5.41) is 7.20. The third kappa shape index (κ3) is 3.92. The van der Waals surface area contributed by atoms with Crippen LogP contribution >= 0.6 is 0 Å². The first-order chi connectivity index (χ1) is 13.0. The highest BCUT2D eigenvalue weighted by Gasteiger charge is 2.19. The number of carbonyl (C=O) groups excluding carboxylic acids is 1. The lowest BCUT2D eigenvalue weighted by atomic mass is 10.1. The van der Waals surface area contributed by atoms with Gasteiger partial charge in [0, 0.05) is 25.4 Å². The molecule has 0 aliphatic carbocycles. The van der Waals surface area contributed by atoms with Gasteiger partial charge in [-0.2, -0.15) is 5.10 Å². The first kappa shape index (κ1) is 18.4. The van der Waals surface area contributed by atoms with E-state index in [2.05, 4.69) is 10.4 Å². The summed E-state index contributed by atoms with van der Waals surface area (Å²) in [6.07, 6.45) is 1.64. The molecule has 0 radical (unpaired) electrons. The highest BCUT2D eigenvalue weighted by Crippen LogP contribution is 2.30. The third-order valence-electron chi connectivity index (χ3n) is 4.10. The molecule has 7 heteroatoms. The molecule has 0 atom stereocenters. The SMILES string of the molecule is COc1ccc(CNC(=O)c2cn(C)nc2-c2ccccc2OC)cc1F. The first-order valence-electron chi connectivity index (χ1n) is 8.31. The van der Waals surface area contributed by atoms with Crippen molar-refractivity contribution in [1.29, 1.82) is 0 Å². The van der Waals surface area contributed by atoms with Crippen LogP contribution in [-0.4, -0.2) is 29.9 Å². The number of benzene rings is 2. The molecule has 6 nitrogen and oxygen atoms in total. The van der Waals surface area contributed by atoms with Gasteiger partial charge in [-0.1, -0.05) is 18.2 Å². The Morgan fingerprint density at radius 3 is 2.59 bits per heavy atom. The molecule has 2 aromatic carbocycles. The van der Waals surface area contributed by atoms with E-state index in [1.165, 1.54) is 19.2 Å². The Morgan fingerprint density at radius 2 is 1.89 bits per heavy atom. The van der Waals surface area contributed by atoms with Crippen LogP contribution in [0.3, 0.4) is 0 Å². The summed E-state index contributed by atoms with van der Waals surface area (Å²) in [6.45, 7) is 0.181. The van der Waals surface area contributed by atoms with Gasteiger partial charge in [-0.3, -0.25) is 9.48 Å². The van der Waals surface area contributed by atoms with E-state index < -0.39 is 5.82 Å². The fourth-order valence-corrected chi connectivity index (χ4v) is 2.79. The van der Waals surface area contributed by atoms with Gasteiger partial charge in [-0.25, -0.2) is 4.39 Å². The minimum atomic E-state index is -0.472. The van der Waals surface area contributed by atoms with Crippen LogP contribution in [0, 0.1) is 5.82 Å². The molecule has 3 rings (SSSR count). The second-order valence-electron chi connectivity index (χ2n) is 5.92. The molecule has 0 saturated heterocycles. The molecule has 1 amide bonds. The molecule has 27 heavy (non-hydrogen) atoms. The van der Waals surface area contributed by atoms with Crippen molar-refractivity contribution in [2.45, 2.75) is 6.54 Å². The van der Waals surface area contributed by atoms with E-state index in [4.69, 9.17) is 9.47 Å². The van der Waals surface area contributed by atoms with E-state index >= 15 is 0 Å². The standard InChI is InChI=1S/C20H20FN3O3/c1-24-12-15(19(23-24)14-6-4-5-7-17(14)26-2)20(25)22-11-13-8-9-18(27-3)16(21)10-13/h4-10,12H,11H2,1-3H3,(H,22,25). The van der Waals surface area contributed by atoms with Crippen LogP contribution in [0.5, 0.6) is 11.5 Å². The Morgan fingerprint density at radius 1 is 1.15 bits per heavy atom. The van der Waals surface area contributed by atoms with E-state index in [9.17, 15) is 9.18 Å². The molecular weight excluding hydrogens is 349 g/mol. The van der Waals surface area contributed by atoms with Gasteiger partial charge in [0.2, 0.25) is 0 Å². The lowest BCUT2D eigenvalue weighted by molar-refractivity contribution is 0.0951. The monoisotopic (exact) mass is 369 g/mol. The summed E-state index contributed by atoms with van der Waals surface area (Å²) >= 11 is 0. The highest BCUT2D eigenvalue weighted by molar-refractivity contribution is 6.00. The molecule has 0 bridgehead atoms. The van der Waals surface area contributed by atoms with Gasteiger partial charge in [0.1, 0.15) is 11.4 Å². The topological polar surface area (TPSA) is 65.4 Å². The number of para-hydroxylation sites is 1. The average Bonchev–Trinajstić information content (AvgIpc) is 3.07. The van der Waals surface area contributed by atoms with Crippen LogP contribution < -0.4 is 14.8 Å². The number of rotatable bonds is 6. The maximum absolute atomic E-state index is 13.8. The number of carbonyl (C=O) groups is 1. The van der Waals surface area contributed by atoms with E-state index in [1.54, 1.807) is 31.1 Å². The van der Waals surface area contributed by atoms with Crippen molar-refractivity contribution in [1.82, 2.24) is 15.1 Å². The Kier molecular flexibility index (Phi) is 5.40. The number of nitrogens with one attached hydrogen (secondary N) is 1. The Balaban J connectivity index is 1.82. The molecule has 1 heterocycles. The molecule has 1 aromatic heterocycles. The highest BCUT2D eigenvalue weighted by atomic mass is 19.1. The van der Waals surface area contributed by atoms with Gasteiger partial charge in [0.25, 0.3) is 5.91 Å². The van der Waals surface area contributed by atoms with Gasteiger partial charge >= 0.3 is 0 Å². The number of hydrogen-bond donors (Lipinski definition) is 1. The van der Waals surface area contributed by atoms with Crippen LogP contribution in [0.25, 0.3) is 11.3 Å². The summed E-state index contributed by atoms with van der Waals surface area (Å²) in [7, 11) is 4.72. The Hall–Kier alpha value is -3.35. The van der Waals surface area contributed by atoms with Crippen molar-refractivity contribution in [2.75, 3.05) is 14.2 Å². The van der Waals surface area contributed by atoms with Crippen LogP contribution in [0.4, 0.5) is 4.39 Å². The minimum Gasteiger partial charge on any atom is -0.496 e. The third-order valence-corrected chi connectivity index (χ3v) is 4.10. The Bertz CT molecular complexity index is 969. The molecule has 0 saturated carbocycles. The minimum absolute atomic E-state index is 0.163. The van der Waals surface area contributed by atoms with Gasteiger partial charge in [-0.15, -0.1) is 0 Å². The zero-order valence-electron chi connectivity index (χ0n) is 15.3. The summed E-state index contributed by atoms with van der Waals surface area (Å²) in [5.74, 6) is 0.0128. The number of aryl methyl sites for hydroxylation is 1. The van der Waals surface area contributed by atoms with Crippen LogP contribution in [0.1, 0.15) is 15.9 Å². The Labute approximate surface area is 156 Å². The fraction of sp³-hybridized carbons (Fsp3) is 0.200. The summed E-state index contributed by atoms with van der Waals surface area (Å²) < 4.78 is 25.7. The number of hydrogen-bond acceptors (Lipinski definition) is 4. The number of methoxy groups -OCH3 is 2. The second kappa shape index (κ2) is 7.90. The van der Waals surface area contributed by atoms with Crippen molar-refractivity contribution < 1.29 is 18.7 Å². The average molecular weight is 369 g/mol. The maximum Gasteiger partial charge on any atom is 0.255 e. The predicted octanol–water partition coefficient (Wildman–Crippen LogP) is 3.17. The fourth-order valence-electron chi connectivity index (χ4n) is 2.79. The van der Waals surface area contributed by atoms with Crippen molar-refractivity contribution in [3.05, 3.63) is 65.6 Å². The van der Waals surface area contributed by atoms with Crippen molar-refractivity contribution in [3.8, 4) is 22.8 Å². The zero-order valence-corrected chi connectivity index (χ0v) is 15.3. The second-order valence-corrected chi connectivity index (χ2v) is 5.92. The van der Waals surface area contributed by atoms with Crippen LogP contribution in [0.15, 0.2) is 48.7 Å². The van der Waals surface area contributed by atoms with Crippen LogP contribution in [0.2, 0.25) is 0 Å². The molecule has 0 aliphatic rings. The quantitative estimate of drug-likeness (QED) is 0.725. The predicted molar refractivity (Wildman–Crippen MR) is 99.3 cm³/mol. The van der Waals surface area contributed by atoms with E-state index in [0.29, 0.717) is 22.6 Å². The van der Waals surface area contributed by atoms with Crippen molar-refractivity contribution in [3.63, 3.8) is 0 Å². The van der Waals surface area contributed by atoms with Gasteiger partial charge in [0.05, 0.1) is 19.8 Å². The van der Waals surface area contributed by atoms with Crippen molar-refractivity contribution in [2.24, 2.45) is 7.05 Å². The maximum atomic E-state index is 13.8. The molecule has 0 spiro atoms.